The molecular weight excluding hydrogens is 344 g/mol. The van der Waals surface area contributed by atoms with Crippen LogP contribution in [-0.2, 0) is 0 Å². The van der Waals surface area contributed by atoms with Gasteiger partial charge in [0.05, 0.1) is 18.5 Å². The number of hydrogen-bond donors (Lipinski definition) is 2. The summed E-state index contributed by atoms with van der Waals surface area (Å²) in [6.07, 6.45) is 0. The van der Waals surface area contributed by atoms with E-state index in [4.69, 9.17) is 28.6 Å². The summed E-state index contributed by atoms with van der Waals surface area (Å²) in [5.74, 6) is 1.49. The first kappa shape index (κ1) is 15.0. The van der Waals surface area contributed by atoms with Gasteiger partial charge in [-0.1, -0.05) is 11.6 Å². The number of aromatic amines is 2. The van der Waals surface area contributed by atoms with Gasteiger partial charge in [0.25, 0.3) is 0 Å². The molecule has 0 amide bonds. The first-order chi connectivity index (χ1) is 11.7. The Balaban J connectivity index is 1.87. The van der Waals surface area contributed by atoms with Crippen molar-refractivity contribution in [3.63, 3.8) is 0 Å². The predicted molar refractivity (Wildman–Crippen MR) is 97.6 cm³/mol. The van der Waals surface area contributed by atoms with Crippen molar-refractivity contribution in [2.45, 2.75) is 0 Å². The van der Waals surface area contributed by atoms with Crippen LogP contribution in [0.1, 0.15) is 0 Å². The normalized spacial score (nSPS) is 11.1. The molecule has 2 N–H and O–H groups in total. The predicted octanol–water partition coefficient (Wildman–Crippen LogP) is 4.74. The summed E-state index contributed by atoms with van der Waals surface area (Å²) in [6.45, 7) is 0. The molecule has 7 heteroatoms. The number of halogens is 1. The number of aromatic nitrogens is 4. The number of nitrogens with zero attached hydrogens (tertiary/aromatic N) is 2. The van der Waals surface area contributed by atoms with E-state index in [1.165, 1.54) is 0 Å². The number of methoxy groups -OCH3 is 1. The van der Waals surface area contributed by atoms with E-state index >= 15 is 0 Å². The number of fused-ring (bicyclic) bond motifs is 1. The topological polar surface area (TPSA) is 58.6 Å². The molecule has 4 rings (SSSR count). The third-order valence-electron chi connectivity index (χ3n) is 3.83. The van der Waals surface area contributed by atoms with Gasteiger partial charge < -0.3 is 9.72 Å². The molecule has 0 saturated carbocycles. The van der Waals surface area contributed by atoms with Gasteiger partial charge in [0.15, 0.2) is 10.6 Å². The molecule has 2 heterocycles. The van der Waals surface area contributed by atoms with Crippen molar-refractivity contribution in [1.82, 2.24) is 19.7 Å². The van der Waals surface area contributed by atoms with Crippen LogP contribution >= 0.6 is 23.8 Å². The van der Waals surface area contributed by atoms with Crippen molar-refractivity contribution >= 4 is 34.7 Å². The van der Waals surface area contributed by atoms with Crippen LogP contribution < -0.4 is 4.74 Å². The van der Waals surface area contributed by atoms with E-state index in [0.29, 0.717) is 15.6 Å². The summed E-state index contributed by atoms with van der Waals surface area (Å²) in [5, 5.41) is 8.95. The van der Waals surface area contributed by atoms with Crippen molar-refractivity contribution in [2.75, 3.05) is 7.11 Å². The minimum absolute atomic E-state index is 0.520. The highest BCUT2D eigenvalue weighted by molar-refractivity contribution is 7.71. The Morgan fingerprint density at radius 2 is 1.92 bits per heavy atom. The molecule has 0 unspecified atom stereocenters. The van der Waals surface area contributed by atoms with Gasteiger partial charge in [0.2, 0.25) is 0 Å². The number of hydrogen-bond acceptors (Lipinski definition) is 3. The van der Waals surface area contributed by atoms with Gasteiger partial charge in [0.1, 0.15) is 5.75 Å². The minimum Gasteiger partial charge on any atom is -0.497 e. The third-order valence-corrected chi connectivity index (χ3v) is 4.34. The number of nitrogens with one attached hydrogen (secondary N) is 2. The first-order valence-electron chi connectivity index (χ1n) is 7.26. The SMILES string of the molecule is COc1ccc(-n2c(-c3cc4cc(Cl)ccc4[nH]3)n[nH]c2=S)cc1. The van der Waals surface area contributed by atoms with Crippen LogP contribution in [0.25, 0.3) is 28.1 Å². The molecule has 0 radical (unpaired) electrons. The summed E-state index contributed by atoms with van der Waals surface area (Å²) < 4.78 is 7.60. The second-order valence-corrected chi connectivity index (χ2v) is 6.12. The lowest BCUT2D eigenvalue weighted by Gasteiger charge is -2.06. The van der Waals surface area contributed by atoms with Gasteiger partial charge in [-0.25, -0.2) is 0 Å². The van der Waals surface area contributed by atoms with Crippen molar-refractivity contribution in [1.29, 1.82) is 0 Å². The molecule has 0 aliphatic carbocycles. The largest absolute Gasteiger partial charge is 0.497 e. The number of benzene rings is 2. The molecule has 0 aliphatic rings. The number of ether oxygens (including phenoxy) is 1. The Morgan fingerprint density at radius 1 is 1.12 bits per heavy atom. The molecule has 0 bridgehead atoms. The lowest BCUT2D eigenvalue weighted by molar-refractivity contribution is 0.414. The van der Waals surface area contributed by atoms with Gasteiger partial charge in [-0.3, -0.25) is 9.67 Å². The summed E-state index contributed by atoms with van der Waals surface area (Å²) in [6, 6.07) is 15.4. The summed E-state index contributed by atoms with van der Waals surface area (Å²) in [4.78, 5) is 3.35. The smallest absolute Gasteiger partial charge is 0.200 e. The van der Waals surface area contributed by atoms with E-state index in [0.717, 1.165) is 28.0 Å². The van der Waals surface area contributed by atoms with Crippen molar-refractivity contribution in [2.24, 2.45) is 0 Å². The molecule has 0 aliphatic heterocycles. The minimum atomic E-state index is 0.520. The van der Waals surface area contributed by atoms with Gasteiger partial charge in [-0.15, -0.1) is 0 Å². The van der Waals surface area contributed by atoms with Crippen LogP contribution in [0.2, 0.25) is 5.02 Å². The van der Waals surface area contributed by atoms with Gasteiger partial charge >= 0.3 is 0 Å². The molecule has 5 nitrogen and oxygen atoms in total. The Hall–Kier alpha value is -2.57. The van der Waals surface area contributed by atoms with Crippen LogP contribution in [0.4, 0.5) is 0 Å². The van der Waals surface area contributed by atoms with Gasteiger partial charge in [-0.2, -0.15) is 5.10 Å². The average molecular weight is 357 g/mol. The van der Waals surface area contributed by atoms with Crippen LogP contribution in [-0.4, -0.2) is 26.9 Å². The molecule has 0 spiro atoms. The highest BCUT2D eigenvalue weighted by atomic mass is 35.5. The van der Waals surface area contributed by atoms with E-state index in [1.54, 1.807) is 7.11 Å². The molecule has 24 heavy (non-hydrogen) atoms. The fourth-order valence-electron chi connectivity index (χ4n) is 2.67. The zero-order valence-corrected chi connectivity index (χ0v) is 14.3. The van der Waals surface area contributed by atoms with E-state index in [9.17, 15) is 0 Å². The fraction of sp³-hybridized carbons (Fsp3) is 0.0588. The number of rotatable bonds is 3. The van der Waals surface area contributed by atoms with Crippen LogP contribution in [0.3, 0.4) is 0 Å². The molecule has 0 atom stereocenters. The highest BCUT2D eigenvalue weighted by Gasteiger charge is 2.13. The van der Waals surface area contributed by atoms with Crippen LogP contribution in [0, 0.1) is 4.77 Å². The van der Waals surface area contributed by atoms with Gasteiger partial charge in [-0.05, 0) is 60.7 Å². The maximum atomic E-state index is 6.06. The van der Waals surface area contributed by atoms with E-state index in [2.05, 4.69) is 15.2 Å². The molecule has 0 saturated heterocycles. The second-order valence-electron chi connectivity index (χ2n) is 5.30. The Morgan fingerprint density at radius 3 is 2.67 bits per heavy atom. The van der Waals surface area contributed by atoms with E-state index in [1.807, 2.05) is 53.1 Å². The number of H-pyrrole nitrogens is 2. The Bertz CT molecular complexity index is 1080. The summed E-state index contributed by atoms with van der Waals surface area (Å²) >= 11 is 11.5. The van der Waals surface area contributed by atoms with Crippen LogP contribution in [0.5, 0.6) is 5.75 Å². The standard InChI is InChI=1S/C17H13ClN4OS/c1-23-13-5-3-12(4-6-13)22-16(20-21-17(22)24)15-9-10-8-11(18)2-7-14(10)19-15/h2-9,19H,1H3,(H,21,24). The molecule has 2 aromatic carbocycles. The molecule has 4 aromatic rings. The Labute approximate surface area is 147 Å². The average Bonchev–Trinajstić information content (AvgIpc) is 3.17. The van der Waals surface area contributed by atoms with Crippen molar-refractivity contribution in [3.8, 4) is 23.0 Å². The highest BCUT2D eigenvalue weighted by Crippen LogP contribution is 2.27. The molecule has 2 aromatic heterocycles. The first-order valence-corrected chi connectivity index (χ1v) is 8.05. The van der Waals surface area contributed by atoms with Crippen LogP contribution in [0.15, 0.2) is 48.5 Å². The zero-order valence-electron chi connectivity index (χ0n) is 12.7. The van der Waals surface area contributed by atoms with Crippen molar-refractivity contribution in [3.05, 3.63) is 58.3 Å². The molecule has 0 fully saturated rings. The third kappa shape index (κ3) is 2.50. The fourth-order valence-corrected chi connectivity index (χ4v) is 3.09. The maximum absolute atomic E-state index is 6.06. The Kier molecular flexibility index (Phi) is 3.63. The van der Waals surface area contributed by atoms with Gasteiger partial charge in [0, 0.05) is 15.9 Å². The molecule has 120 valence electrons. The maximum Gasteiger partial charge on any atom is 0.200 e. The van der Waals surface area contributed by atoms with E-state index in [-0.39, 0.29) is 0 Å². The monoisotopic (exact) mass is 356 g/mol. The van der Waals surface area contributed by atoms with Crippen molar-refractivity contribution < 1.29 is 4.74 Å². The summed E-state index contributed by atoms with van der Waals surface area (Å²) in [5.41, 5.74) is 2.75. The zero-order chi connectivity index (χ0) is 16.7. The lowest BCUT2D eigenvalue weighted by Crippen LogP contribution is -1.98. The molecular formula is C17H13ClN4OS. The summed E-state index contributed by atoms with van der Waals surface area (Å²) in [7, 11) is 1.64. The quantitative estimate of drug-likeness (QED) is 0.521. The van der Waals surface area contributed by atoms with E-state index < -0.39 is 0 Å². The second kappa shape index (κ2) is 5.81. The lowest BCUT2D eigenvalue weighted by atomic mass is 10.2.